The highest BCUT2D eigenvalue weighted by Gasteiger charge is 2.52. The van der Waals surface area contributed by atoms with E-state index in [-0.39, 0.29) is 22.3 Å². The molecule has 1 fully saturated rings. The van der Waals surface area contributed by atoms with Crippen molar-refractivity contribution < 1.29 is 42.9 Å². The van der Waals surface area contributed by atoms with Crippen LogP contribution in [0.1, 0.15) is 41.4 Å². The second-order valence-electron chi connectivity index (χ2n) is 10.2. The Kier molecular flexibility index (Phi) is 12.5. The van der Waals surface area contributed by atoms with E-state index in [1.54, 1.807) is 84.9 Å². The highest BCUT2D eigenvalue weighted by Crippen LogP contribution is 2.34. The first-order valence-corrected chi connectivity index (χ1v) is 17.9. The van der Waals surface area contributed by atoms with Crippen LogP contribution in [-0.2, 0) is 23.7 Å². The van der Waals surface area contributed by atoms with Crippen molar-refractivity contribution in [3.05, 3.63) is 137 Å². The topological polar surface area (TPSA) is 114 Å². The average molecular weight is 928 g/mol. The summed E-state index contributed by atoms with van der Waals surface area (Å²) in [6.07, 6.45) is -5.55. The number of halogens is 4. The molecule has 0 radical (unpaired) electrons. The number of benzene rings is 4. The van der Waals surface area contributed by atoms with Gasteiger partial charge in [0.15, 0.2) is 18.3 Å². The number of ether oxygens (including phenoxy) is 5. The maximum Gasteiger partial charge on any atom is 0.339 e. The molecular formula is C34H24Br4O9S. The molecule has 0 unspecified atom stereocenters. The van der Waals surface area contributed by atoms with Gasteiger partial charge in [0.25, 0.3) is 0 Å². The summed E-state index contributed by atoms with van der Waals surface area (Å²) < 4.78 is 31.4. The zero-order valence-electron chi connectivity index (χ0n) is 24.5. The minimum absolute atomic E-state index is 0.156. The van der Waals surface area contributed by atoms with Crippen molar-refractivity contribution in [2.45, 2.75) is 29.9 Å². The third-order valence-electron chi connectivity index (χ3n) is 7.09. The molecule has 5 rings (SSSR count). The van der Waals surface area contributed by atoms with Crippen LogP contribution in [0.5, 0.6) is 0 Å². The fraction of sp³-hybridized carbons (Fsp3) is 0.176. The Balaban J connectivity index is 1.53. The highest BCUT2D eigenvalue weighted by molar-refractivity contribution is 9.11. The molecule has 248 valence electrons. The van der Waals surface area contributed by atoms with Crippen LogP contribution in [0.25, 0.3) is 0 Å². The van der Waals surface area contributed by atoms with Gasteiger partial charge in [-0.05, 0) is 112 Å². The lowest BCUT2D eigenvalue weighted by Crippen LogP contribution is -2.61. The van der Waals surface area contributed by atoms with Crippen LogP contribution in [0.3, 0.4) is 0 Å². The minimum Gasteiger partial charge on any atom is -0.459 e. The molecule has 0 saturated carbocycles. The number of hydrogen-bond donors (Lipinski definition) is 1. The highest BCUT2D eigenvalue weighted by atomic mass is 79.9. The van der Waals surface area contributed by atoms with Gasteiger partial charge in [0.1, 0.15) is 18.1 Å². The van der Waals surface area contributed by atoms with Gasteiger partial charge in [0.05, 0.1) is 22.3 Å². The number of esters is 4. The molecule has 5 atom stereocenters. The molecular weight excluding hydrogens is 904 g/mol. The van der Waals surface area contributed by atoms with Gasteiger partial charge in [-0.15, -0.1) is 12.6 Å². The van der Waals surface area contributed by atoms with E-state index in [2.05, 4.69) is 76.3 Å². The number of hydrogen-bond acceptors (Lipinski definition) is 10. The first kappa shape index (κ1) is 36.3. The first-order chi connectivity index (χ1) is 23.0. The standard InChI is InChI=1S/C34H24Br4O9S/c35-22-13-5-1-9-18(22)30(39)43-17-26-27(45-31(40)19-10-2-6-14-23(19)36)28(46-32(41)20-11-3-7-15-24(20)37)29(34(48)44-26)47-33(42)21-12-4-8-16-25(21)38/h1-16,26-29,34,48H,17H2/t26-,27-,28+,29-,34+/m1/s1. The van der Waals surface area contributed by atoms with Crippen molar-refractivity contribution in [1.82, 2.24) is 0 Å². The molecule has 0 aliphatic carbocycles. The monoisotopic (exact) mass is 924 g/mol. The van der Waals surface area contributed by atoms with Gasteiger partial charge >= 0.3 is 23.9 Å². The van der Waals surface area contributed by atoms with Crippen molar-refractivity contribution in [2.24, 2.45) is 0 Å². The van der Waals surface area contributed by atoms with Gasteiger partial charge in [-0.1, -0.05) is 48.5 Å². The van der Waals surface area contributed by atoms with Crippen LogP contribution < -0.4 is 0 Å². The van der Waals surface area contributed by atoms with E-state index in [4.69, 9.17) is 23.7 Å². The Morgan fingerprint density at radius 1 is 0.521 bits per heavy atom. The number of carbonyl (C=O) groups is 4. The molecule has 1 aliphatic rings. The Bertz CT molecular complexity index is 1840. The Hall–Kier alpha value is -3.01. The summed E-state index contributed by atoms with van der Waals surface area (Å²) >= 11 is 18.0. The molecule has 0 amide bonds. The molecule has 4 aromatic rings. The zero-order valence-corrected chi connectivity index (χ0v) is 31.7. The molecule has 0 N–H and O–H groups in total. The number of carbonyl (C=O) groups excluding carboxylic acids is 4. The van der Waals surface area contributed by atoms with Gasteiger partial charge in [-0.25, -0.2) is 19.2 Å². The van der Waals surface area contributed by atoms with E-state index in [1.165, 1.54) is 12.1 Å². The molecule has 0 spiro atoms. The maximum absolute atomic E-state index is 13.6. The van der Waals surface area contributed by atoms with Crippen LogP contribution in [-0.4, -0.2) is 60.3 Å². The summed E-state index contributed by atoms with van der Waals surface area (Å²) in [6, 6.07) is 26.4. The average Bonchev–Trinajstić information content (AvgIpc) is 3.07. The van der Waals surface area contributed by atoms with Crippen molar-refractivity contribution in [3.63, 3.8) is 0 Å². The number of rotatable bonds is 9. The lowest BCUT2D eigenvalue weighted by Gasteiger charge is -2.43. The maximum atomic E-state index is 13.6. The summed E-state index contributed by atoms with van der Waals surface area (Å²) in [7, 11) is 0. The van der Waals surface area contributed by atoms with Crippen molar-refractivity contribution in [1.29, 1.82) is 0 Å². The second-order valence-corrected chi connectivity index (χ2v) is 14.1. The summed E-state index contributed by atoms with van der Waals surface area (Å²) in [6.45, 7) is -0.445. The summed E-state index contributed by atoms with van der Waals surface area (Å²) in [5.74, 6) is -3.11. The SMILES string of the molecule is O=C(OC[C@H]1O[C@@H](S)[C@H](OC(=O)c2ccccc2Br)[C@@H](OC(=O)c2ccccc2Br)[C@@H]1OC(=O)c1ccccc1Br)c1ccccc1Br. The van der Waals surface area contributed by atoms with Crippen molar-refractivity contribution >= 4 is 100 Å². The van der Waals surface area contributed by atoms with Gasteiger partial charge in [-0.2, -0.15) is 0 Å². The van der Waals surface area contributed by atoms with E-state index in [9.17, 15) is 19.2 Å². The molecule has 1 heterocycles. The lowest BCUT2D eigenvalue weighted by molar-refractivity contribution is -0.206. The van der Waals surface area contributed by atoms with Crippen LogP contribution in [0, 0.1) is 0 Å². The normalized spacial score (nSPS) is 20.3. The first-order valence-electron chi connectivity index (χ1n) is 14.2. The number of thiol groups is 1. The molecule has 9 nitrogen and oxygen atoms in total. The molecule has 48 heavy (non-hydrogen) atoms. The van der Waals surface area contributed by atoms with Gasteiger partial charge < -0.3 is 23.7 Å². The Labute approximate surface area is 314 Å². The van der Waals surface area contributed by atoms with Crippen LogP contribution in [0.4, 0.5) is 0 Å². The van der Waals surface area contributed by atoms with Crippen LogP contribution in [0.15, 0.2) is 115 Å². The van der Waals surface area contributed by atoms with E-state index in [1.807, 2.05) is 0 Å². The van der Waals surface area contributed by atoms with Gasteiger partial charge in [0.2, 0.25) is 0 Å². The fourth-order valence-corrected chi connectivity index (χ4v) is 6.91. The Morgan fingerprint density at radius 3 is 1.25 bits per heavy atom. The smallest absolute Gasteiger partial charge is 0.339 e. The van der Waals surface area contributed by atoms with E-state index >= 15 is 0 Å². The van der Waals surface area contributed by atoms with Gasteiger partial charge in [-0.3, -0.25) is 0 Å². The molecule has 1 aliphatic heterocycles. The predicted octanol–water partition coefficient (Wildman–Crippen LogP) is 8.22. The third-order valence-corrected chi connectivity index (χ3v) is 10.3. The molecule has 1 saturated heterocycles. The fourth-order valence-electron chi connectivity index (χ4n) is 4.74. The molecule has 4 aromatic carbocycles. The Morgan fingerprint density at radius 2 is 0.854 bits per heavy atom. The summed E-state index contributed by atoms with van der Waals surface area (Å²) in [5, 5.41) is 0. The van der Waals surface area contributed by atoms with Crippen molar-refractivity contribution in [3.8, 4) is 0 Å². The minimum atomic E-state index is -1.48. The molecule has 14 heteroatoms. The van der Waals surface area contributed by atoms with E-state index in [0.29, 0.717) is 17.9 Å². The van der Waals surface area contributed by atoms with Crippen LogP contribution >= 0.6 is 76.3 Å². The second kappa shape index (κ2) is 16.6. The predicted molar refractivity (Wildman–Crippen MR) is 192 cm³/mol. The van der Waals surface area contributed by atoms with Crippen LogP contribution in [0.2, 0.25) is 0 Å². The zero-order chi connectivity index (χ0) is 34.4. The molecule has 0 bridgehead atoms. The largest absolute Gasteiger partial charge is 0.459 e. The van der Waals surface area contributed by atoms with Gasteiger partial charge in [0, 0.05) is 17.9 Å². The van der Waals surface area contributed by atoms with E-state index in [0.717, 1.165) is 0 Å². The summed E-state index contributed by atoms with van der Waals surface area (Å²) in [5.41, 5.74) is -0.482. The van der Waals surface area contributed by atoms with E-state index < -0.39 is 60.3 Å². The lowest BCUT2D eigenvalue weighted by atomic mass is 9.98. The quantitative estimate of drug-likeness (QED) is 0.101. The molecule has 0 aromatic heterocycles. The summed E-state index contributed by atoms with van der Waals surface area (Å²) in [4.78, 5) is 53.8. The van der Waals surface area contributed by atoms with Crippen molar-refractivity contribution in [2.75, 3.05) is 6.61 Å². The third kappa shape index (κ3) is 8.58.